The quantitative estimate of drug-likeness (QED) is 0.717. The van der Waals surface area contributed by atoms with Gasteiger partial charge in [0.2, 0.25) is 5.91 Å². The molecule has 0 spiro atoms. The van der Waals surface area contributed by atoms with Crippen LogP contribution in [0.1, 0.15) is 49.0 Å². The Bertz CT molecular complexity index is 1150. The van der Waals surface area contributed by atoms with Crippen LogP contribution in [0, 0.1) is 11.8 Å². The molecule has 5 heterocycles. The molecule has 9 nitrogen and oxygen atoms in total. The first-order valence-electron chi connectivity index (χ1n) is 13.0. The van der Waals surface area contributed by atoms with E-state index in [0.29, 0.717) is 49.0 Å². The summed E-state index contributed by atoms with van der Waals surface area (Å²) in [6.07, 6.45) is 5.35. The second-order valence-corrected chi connectivity index (χ2v) is 10.8. The first-order valence-corrected chi connectivity index (χ1v) is 13.0. The first-order chi connectivity index (χ1) is 17.0. The molecule has 1 aromatic heterocycles. The summed E-state index contributed by atoms with van der Waals surface area (Å²) >= 11 is 0. The fraction of sp³-hybridized carbons (Fsp3) is 0.615. The highest BCUT2D eigenvalue weighted by Crippen LogP contribution is 2.38. The van der Waals surface area contributed by atoms with E-state index >= 15 is 0 Å². The number of fused-ring (bicyclic) bond motifs is 5. The van der Waals surface area contributed by atoms with E-state index in [-0.39, 0.29) is 18.0 Å². The number of likely N-dealkylation sites (tertiary alicyclic amines) is 2. The number of nitrogens with zero attached hydrogens (tertiary/aromatic N) is 5. The van der Waals surface area contributed by atoms with E-state index in [9.17, 15) is 14.4 Å². The summed E-state index contributed by atoms with van der Waals surface area (Å²) in [4.78, 5) is 44.8. The fourth-order valence-electron chi connectivity index (χ4n) is 6.82. The SMILES string of the molecule is Cn1nc(C(=O)NC2CCN(C(=O)N3C[C@H]4C[C@H](C3)[C@H]3CCCC(=O)N3C4)CC2)c2ccccc21. The van der Waals surface area contributed by atoms with Gasteiger partial charge >= 0.3 is 6.03 Å². The highest BCUT2D eigenvalue weighted by atomic mass is 16.2. The Labute approximate surface area is 205 Å². The molecule has 4 amide bonds. The molecule has 0 radical (unpaired) electrons. The number of hydrogen-bond acceptors (Lipinski definition) is 4. The minimum Gasteiger partial charge on any atom is -0.348 e. The van der Waals surface area contributed by atoms with Crippen LogP contribution in [0.3, 0.4) is 0 Å². The Hall–Kier alpha value is -3.10. The lowest BCUT2D eigenvalue weighted by Crippen LogP contribution is -2.62. The number of piperidine rings is 4. The normalized spacial score (nSPS) is 27.2. The van der Waals surface area contributed by atoms with Gasteiger partial charge < -0.3 is 20.0 Å². The molecule has 6 rings (SSSR count). The zero-order valence-electron chi connectivity index (χ0n) is 20.4. The van der Waals surface area contributed by atoms with Crippen LogP contribution in [0.4, 0.5) is 4.79 Å². The third kappa shape index (κ3) is 4.04. The van der Waals surface area contributed by atoms with Crippen molar-refractivity contribution < 1.29 is 14.4 Å². The number of para-hydroxylation sites is 1. The van der Waals surface area contributed by atoms with Gasteiger partial charge in [-0.1, -0.05) is 18.2 Å². The topological polar surface area (TPSA) is 90.8 Å². The van der Waals surface area contributed by atoms with Crippen molar-refractivity contribution in [3.8, 4) is 0 Å². The number of benzene rings is 1. The van der Waals surface area contributed by atoms with Crippen LogP contribution >= 0.6 is 0 Å². The molecule has 9 heteroatoms. The van der Waals surface area contributed by atoms with Crippen LogP contribution in [0.25, 0.3) is 10.9 Å². The van der Waals surface area contributed by atoms with Crippen molar-refractivity contribution in [2.24, 2.45) is 18.9 Å². The molecule has 3 atom stereocenters. The molecular weight excluding hydrogens is 444 g/mol. The highest BCUT2D eigenvalue weighted by molar-refractivity contribution is 6.04. The molecule has 4 aliphatic rings. The van der Waals surface area contributed by atoms with Crippen molar-refractivity contribution >= 4 is 28.7 Å². The Morgan fingerprint density at radius 2 is 1.83 bits per heavy atom. The summed E-state index contributed by atoms with van der Waals surface area (Å²) in [5, 5.41) is 8.43. The maximum absolute atomic E-state index is 13.4. The van der Waals surface area contributed by atoms with Crippen LogP contribution in [0.5, 0.6) is 0 Å². The number of rotatable bonds is 2. The second-order valence-electron chi connectivity index (χ2n) is 10.8. The number of carbonyl (C=O) groups excluding carboxylic acids is 3. The van der Waals surface area contributed by atoms with Gasteiger partial charge in [0.15, 0.2) is 5.69 Å². The zero-order chi connectivity index (χ0) is 24.1. The van der Waals surface area contributed by atoms with E-state index in [1.165, 1.54) is 0 Å². The Morgan fingerprint density at radius 1 is 1.03 bits per heavy atom. The fourth-order valence-corrected chi connectivity index (χ4v) is 6.82. The van der Waals surface area contributed by atoms with Gasteiger partial charge in [0.1, 0.15) is 0 Å². The van der Waals surface area contributed by atoms with E-state index in [4.69, 9.17) is 0 Å². The summed E-state index contributed by atoms with van der Waals surface area (Å²) in [5.74, 6) is 0.947. The lowest BCUT2D eigenvalue weighted by Gasteiger charge is -2.53. The van der Waals surface area contributed by atoms with E-state index in [2.05, 4.69) is 15.3 Å². The molecule has 35 heavy (non-hydrogen) atoms. The summed E-state index contributed by atoms with van der Waals surface area (Å²) in [6, 6.07) is 8.22. The summed E-state index contributed by atoms with van der Waals surface area (Å²) < 4.78 is 1.74. The molecule has 4 fully saturated rings. The van der Waals surface area contributed by atoms with Gasteiger partial charge in [-0.2, -0.15) is 5.10 Å². The summed E-state index contributed by atoms with van der Waals surface area (Å²) in [5.41, 5.74) is 1.39. The van der Waals surface area contributed by atoms with Crippen molar-refractivity contribution in [1.29, 1.82) is 0 Å². The predicted octanol–water partition coefficient (Wildman–Crippen LogP) is 2.22. The smallest absolute Gasteiger partial charge is 0.320 e. The van der Waals surface area contributed by atoms with Crippen LogP contribution in [-0.4, -0.2) is 87.1 Å². The third-order valence-electron chi connectivity index (χ3n) is 8.52. The van der Waals surface area contributed by atoms with Crippen molar-refractivity contribution in [3.63, 3.8) is 0 Å². The number of nitrogens with one attached hydrogen (secondary N) is 1. The lowest BCUT2D eigenvalue weighted by atomic mass is 9.76. The molecule has 4 saturated heterocycles. The van der Waals surface area contributed by atoms with E-state index in [1.807, 2.05) is 41.1 Å². The molecule has 0 unspecified atom stereocenters. The zero-order valence-corrected chi connectivity index (χ0v) is 20.4. The monoisotopic (exact) mass is 478 g/mol. The molecular formula is C26H34N6O3. The van der Waals surface area contributed by atoms with Crippen molar-refractivity contribution in [1.82, 2.24) is 29.8 Å². The number of amides is 4. The van der Waals surface area contributed by atoms with Crippen LogP contribution in [0.2, 0.25) is 0 Å². The van der Waals surface area contributed by atoms with Crippen molar-refractivity contribution in [2.75, 3.05) is 32.7 Å². The van der Waals surface area contributed by atoms with Gasteiger partial charge in [-0.15, -0.1) is 0 Å². The number of hydrogen-bond donors (Lipinski definition) is 1. The van der Waals surface area contributed by atoms with Crippen molar-refractivity contribution in [3.05, 3.63) is 30.0 Å². The minimum absolute atomic E-state index is 0.0369. The summed E-state index contributed by atoms with van der Waals surface area (Å²) in [6.45, 7) is 3.60. The average molecular weight is 479 g/mol. The molecule has 2 aromatic rings. The Balaban J connectivity index is 1.05. The molecule has 0 saturated carbocycles. The number of carbonyl (C=O) groups is 3. The second kappa shape index (κ2) is 8.84. The Morgan fingerprint density at radius 3 is 2.66 bits per heavy atom. The molecule has 1 N–H and O–H groups in total. The Kier molecular flexibility index (Phi) is 5.65. The third-order valence-corrected chi connectivity index (χ3v) is 8.52. The van der Waals surface area contributed by atoms with E-state index in [0.717, 1.165) is 62.6 Å². The predicted molar refractivity (Wildman–Crippen MR) is 131 cm³/mol. The average Bonchev–Trinajstić information content (AvgIpc) is 3.21. The number of aryl methyl sites for hydroxylation is 1. The van der Waals surface area contributed by atoms with Gasteiger partial charge in [-0.3, -0.25) is 14.3 Å². The molecule has 2 bridgehead atoms. The maximum Gasteiger partial charge on any atom is 0.320 e. The van der Waals surface area contributed by atoms with E-state index < -0.39 is 0 Å². The number of urea groups is 1. The number of aromatic nitrogens is 2. The molecule has 1 aromatic carbocycles. The van der Waals surface area contributed by atoms with Crippen molar-refractivity contribution in [2.45, 2.75) is 50.6 Å². The molecule has 186 valence electrons. The van der Waals surface area contributed by atoms with Gasteiger partial charge in [-0.05, 0) is 50.0 Å². The standard InChI is InChI=1S/C26H34N6O3/c1-29-22-6-3-2-5-20(22)24(28-29)25(34)27-19-9-11-30(12-10-19)26(35)31-14-17-13-18(16-31)21-7-4-8-23(33)32(21)15-17/h2-3,5-6,17-19,21H,4,7-16H2,1H3,(H,27,34)/t17-,18-,21-/m1/s1. The van der Waals surface area contributed by atoms with Gasteiger partial charge in [0.05, 0.1) is 5.52 Å². The van der Waals surface area contributed by atoms with Crippen LogP contribution in [-0.2, 0) is 11.8 Å². The van der Waals surface area contributed by atoms with Crippen LogP contribution < -0.4 is 5.32 Å². The van der Waals surface area contributed by atoms with Gasteiger partial charge in [0.25, 0.3) is 5.91 Å². The van der Waals surface area contributed by atoms with E-state index in [1.54, 1.807) is 4.68 Å². The summed E-state index contributed by atoms with van der Waals surface area (Å²) in [7, 11) is 1.85. The maximum atomic E-state index is 13.4. The van der Waals surface area contributed by atoms with Crippen LogP contribution in [0.15, 0.2) is 24.3 Å². The lowest BCUT2D eigenvalue weighted by molar-refractivity contribution is -0.144. The molecule has 4 aliphatic heterocycles. The minimum atomic E-state index is -0.151. The molecule has 0 aliphatic carbocycles. The van der Waals surface area contributed by atoms with Gasteiger partial charge in [0, 0.05) is 63.7 Å². The largest absolute Gasteiger partial charge is 0.348 e. The van der Waals surface area contributed by atoms with Gasteiger partial charge in [-0.25, -0.2) is 4.79 Å². The highest BCUT2D eigenvalue weighted by Gasteiger charge is 2.45. The first kappa shape index (κ1) is 22.4.